The van der Waals surface area contributed by atoms with Crippen molar-refractivity contribution in [2.75, 3.05) is 25.6 Å². The van der Waals surface area contributed by atoms with Gasteiger partial charge < -0.3 is 14.8 Å². The molecule has 10 heteroatoms. The third kappa shape index (κ3) is 5.16. The number of rotatable bonds is 9. The van der Waals surface area contributed by atoms with E-state index in [0.717, 1.165) is 18.2 Å². The molecular weight excluding hydrogens is 447 g/mol. The summed E-state index contributed by atoms with van der Waals surface area (Å²) in [5, 5.41) is 7.12. The fourth-order valence-corrected chi connectivity index (χ4v) is 3.37. The van der Waals surface area contributed by atoms with Gasteiger partial charge in [-0.2, -0.15) is 5.10 Å². The summed E-state index contributed by atoms with van der Waals surface area (Å²) < 4.78 is 53.6. The maximum Gasteiger partial charge on any atom is 0.359 e. The molecule has 1 N–H and O–H groups in total. The molecule has 0 aliphatic heterocycles. The van der Waals surface area contributed by atoms with Crippen LogP contribution in [0.25, 0.3) is 0 Å². The first-order valence-corrected chi connectivity index (χ1v) is 10.2. The van der Waals surface area contributed by atoms with Gasteiger partial charge in [0.2, 0.25) is 5.88 Å². The lowest BCUT2D eigenvalue weighted by Crippen LogP contribution is -2.12. The normalized spacial score (nSPS) is 10.8. The molecule has 1 aromatic heterocycles. The topological polar surface area (TPSA) is 65.4 Å². The minimum atomic E-state index is -0.687. The molecule has 1 heterocycles. The van der Waals surface area contributed by atoms with Gasteiger partial charge in [-0.05, 0) is 43.7 Å². The number of anilines is 1. The fraction of sp³-hybridized carbons (Fsp3) is 0.273. The van der Waals surface area contributed by atoms with Crippen LogP contribution in [0.2, 0.25) is 5.02 Å². The second-order valence-corrected chi connectivity index (χ2v) is 7.14. The maximum atomic E-state index is 14.1. The number of carbonyl (C=O) groups excluding carboxylic acids is 1. The van der Waals surface area contributed by atoms with E-state index in [9.17, 15) is 18.0 Å². The predicted octanol–water partition coefficient (Wildman–Crippen LogP) is 4.84. The van der Waals surface area contributed by atoms with Gasteiger partial charge in [-0.15, -0.1) is 0 Å². The first-order valence-electron chi connectivity index (χ1n) is 9.78. The number of carbonyl (C=O) groups is 1. The molecule has 2 aromatic carbocycles. The van der Waals surface area contributed by atoms with E-state index in [2.05, 4.69) is 10.4 Å². The van der Waals surface area contributed by atoms with E-state index in [0.29, 0.717) is 5.56 Å². The Balaban J connectivity index is 1.91. The van der Waals surface area contributed by atoms with Gasteiger partial charge in [0, 0.05) is 12.1 Å². The quantitative estimate of drug-likeness (QED) is 0.456. The summed E-state index contributed by atoms with van der Waals surface area (Å²) >= 11 is 5.80. The van der Waals surface area contributed by atoms with Crippen LogP contribution in [0.15, 0.2) is 36.4 Å². The van der Waals surface area contributed by atoms with Crippen molar-refractivity contribution in [1.29, 1.82) is 0 Å². The highest BCUT2D eigenvalue weighted by molar-refractivity contribution is 6.31. The van der Waals surface area contributed by atoms with Gasteiger partial charge in [0.15, 0.2) is 11.5 Å². The third-order valence-corrected chi connectivity index (χ3v) is 4.92. The Morgan fingerprint density at radius 3 is 2.72 bits per heavy atom. The number of nitrogens with zero attached hydrogens (tertiary/aromatic N) is 2. The summed E-state index contributed by atoms with van der Waals surface area (Å²) in [6, 6.07) is 7.63. The number of hydrogen-bond acceptors (Lipinski definition) is 5. The van der Waals surface area contributed by atoms with Crippen LogP contribution in [-0.4, -0.2) is 36.0 Å². The van der Waals surface area contributed by atoms with E-state index >= 15 is 0 Å². The van der Waals surface area contributed by atoms with Gasteiger partial charge in [-0.1, -0.05) is 17.7 Å². The van der Waals surface area contributed by atoms with E-state index < -0.39 is 23.4 Å². The number of ether oxygens (including phenoxy) is 2. The summed E-state index contributed by atoms with van der Waals surface area (Å²) in [6.07, 6.45) is 0.203. The Hall–Kier alpha value is -3.20. The van der Waals surface area contributed by atoms with Crippen LogP contribution in [0.4, 0.5) is 18.9 Å². The maximum absolute atomic E-state index is 14.1. The Morgan fingerprint density at radius 1 is 1.22 bits per heavy atom. The summed E-state index contributed by atoms with van der Waals surface area (Å²) in [7, 11) is 1.37. The summed E-state index contributed by atoms with van der Waals surface area (Å²) in [5.74, 6) is -2.32. The van der Waals surface area contributed by atoms with Gasteiger partial charge in [-0.25, -0.2) is 22.6 Å². The van der Waals surface area contributed by atoms with Crippen LogP contribution >= 0.6 is 11.6 Å². The third-order valence-electron chi connectivity index (χ3n) is 4.63. The molecule has 0 atom stereocenters. The summed E-state index contributed by atoms with van der Waals surface area (Å²) in [6.45, 7) is 1.81. The molecule has 0 saturated heterocycles. The van der Waals surface area contributed by atoms with Gasteiger partial charge in [0.05, 0.1) is 36.5 Å². The highest BCUT2D eigenvalue weighted by Gasteiger charge is 2.25. The molecule has 32 heavy (non-hydrogen) atoms. The SMILES string of the molecule is CCOC(=O)c1nn(Cc2cc(F)ccc2F)c(OC)c1CCNc1cccc(Cl)c1F. The number of esters is 1. The minimum absolute atomic E-state index is 0.0196. The molecule has 3 rings (SSSR count). The molecule has 0 aliphatic carbocycles. The molecule has 0 fully saturated rings. The fourth-order valence-electron chi connectivity index (χ4n) is 3.20. The number of methoxy groups -OCH3 is 1. The molecule has 3 aromatic rings. The zero-order valence-corrected chi connectivity index (χ0v) is 18.2. The number of nitrogens with one attached hydrogen (secondary N) is 1. The van der Waals surface area contributed by atoms with Crippen molar-refractivity contribution in [2.24, 2.45) is 0 Å². The van der Waals surface area contributed by atoms with Crippen molar-refractivity contribution in [3.8, 4) is 5.88 Å². The lowest BCUT2D eigenvalue weighted by atomic mass is 10.1. The van der Waals surface area contributed by atoms with Crippen molar-refractivity contribution < 1.29 is 27.4 Å². The van der Waals surface area contributed by atoms with Crippen LogP contribution < -0.4 is 10.1 Å². The van der Waals surface area contributed by atoms with Crippen LogP contribution in [0, 0.1) is 17.5 Å². The minimum Gasteiger partial charge on any atom is -0.481 e. The smallest absolute Gasteiger partial charge is 0.359 e. The molecule has 0 amide bonds. The number of halogens is 4. The van der Waals surface area contributed by atoms with Gasteiger partial charge in [-0.3, -0.25) is 0 Å². The first-order chi connectivity index (χ1) is 15.3. The zero-order chi connectivity index (χ0) is 23.3. The van der Waals surface area contributed by atoms with E-state index in [-0.39, 0.29) is 54.0 Å². The van der Waals surface area contributed by atoms with Gasteiger partial charge in [0.25, 0.3) is 0 Å². The molecule has 0 spiro atoms. The van der Waals surface area contributed by atoms with Crippen molar-refractivity contribution >= 4 is 23.3 Å². The van der Waals surface area contributed by atoms with E-state index in [1.54, 1.807) is 13.0 Å². The summed E-state index contributed by atoms with van der Waals surface area (Å²) in [5.41, 5.74) is 0.599. The van der Waals surface area contributed by atoms with E-state index in [1.165, 1.54) is 23.9 Å². The lowest BCUT2D eigenvalue weighted by molar-refractivity contribution is 0.0517. The van der Waals surface area contributed by atoms with Gasteiger partial charge in [0.1, 0.15) is 11.6 Å². The number of hydrogen-bond donors (Lipinski definition) is 1. The molecule has 0 saturated carbocycles. The van der Waals surface area contributed by atoms with E-state index in [4.69, 9.17) is 21.1 Å². The molecule has 0 bridgehead atoms. The number of benzene rings is 2. The first kappa shape index (κ1) is 23.5. The predicted molar refractivity (Wildman–Crippen MR) is 114 cm³/mol. The zero-order valence-electron chi connectivity index (χ0n) is 17.4. The second kappa shape index (κ2) is 10.4. The molecule has 0 unspecified atom stereocenters. The molecular formula is C22H21ClF3N3O3. The molecule has 6 nitrogen and oxygen atoms in total. The van der Waals surface area contributed by atoms with Crippen LogP contribution in [0.1, 0.15) is 28.5 Å². The van der Waals surface area contributed by atoms with Crippen LogP contribution in [0.3, 0.4) is 0 Å². The van der Waals surface area contributed by atoms with Crippen molar-refractivity contribution in [2.45, 2.75) is 19.9 Å². The Bertz CT molecular complexity index is 1120. The van der Waals surface area contributed by atoms with Crippen molar-refractivity contribution in [1.82, 2.24) is 9.78 Å². The summed E-state index contributed by atoms with van der Waals surface area (Å²) in [4.78, 5) is 12.5. The average Bonchev–Trinajstić information content (AvgIpc) is 3.11. The largest absolute Gasteiger partial charge is 0.481 e. The Kier molecular flexibility index (Phi) is 7.63. The highest BCUT2D eigenvalue weighted by atomic mass is 35.5. The Labute approximate surface area is 187 Å². The van der Waals surface area contributed by atoms with E-state index in [1.807, 2.05) is 0 Å². The Morgan fingerprint density at radius 2 is 2.00 bits per heavy atom. The standard InChI is InChI=1S/C22H21ClF3N3O3/c1-3-32-22(30)20-15(9-10-27-18-6-4-5-16(23)19(18)26)21(31-2)29(28-20)12-13-11-14(24)7-8-17(13)25/h4-8,11,27H,3,9-10,12H2,1-2H3. The average molecular weight is 468 g/mol. The highest BCUT2D eigenvalue weighted by Crippen LogP contribution is 2.27. The number of aromatic nitrogens is 2. The second-order valence-electron chi connectivity index (χ2n) is 6.73. The monoisotopic (exact) mass is 467 g/mol. The van der Waals surface area contributed by atoms with Crippen molar-refractivity contribution in [3.05, 3.63) is 75.7 Å². The van der Waals surface area contributed by atoms with Crippen LogP contribution in [-0.2, 0) is 17.7 Å². The molecule has 0 aliphatic rings. The lowest BCUT2D eigenvalue weighted by Gasteiger charge is -2.11. The van der Waals surface area contributed by atoms with Crippen LogP contribution in [0.5, 0.6) is 5.88 Å². The van der Waals surface area contributed by atoms with Crippen molar-refractivity contribution in [3.63, 3.8) is 0 Å². The molecule has 0 radical (unpaired) electrons. The molecule has 170 valence electrons. The van der Waals surface area contributed by atoms with Gasteiger partial charge >= 0.3 is 5.97 Å².